The molecule has 1 N–H and O–H groups in total. The van der Waals surface area contributed by atoms with E-state index < -0.39 is 28.5 Å². The van der Waals surface area contributed by atoms with Gasteiger partial charge in [0.2, 0.25) is 21.8 Å². The van der Waals surface area contributed by atoms with Crippen LogP contribution in [0.1, 0.15) is 23.6 Å². The Labute approximate surface area is 234 Å². The summed E-state index contributed by atoms with van der Waals surface area (Å²) < 4.78 is 26.9. The van der Waals surface area contributed by atoms with Crippen LogP contribution in [0.5, 0.6) is 0 Å². The highest BCUT2D eigenvalue weighted by Crippen LogP contribution is 2.26. The van der Waals surface area contributed by atoms with Crippen LogP contribution in [-0.2, 0) is 39.0 Å². The molecule has 0 aromatic heterocycles. The second-order valence-corrected chi connectivity index (χ2v) is 11.6. The van der Waals surface area contributed by atoms with Crippen molar-refractivity contribution in [1.82, 2.24) is 10.2 Å². The number of likely N-dealkylation sites (N-methyl/N-ethyl adjacent to an activating group) is 1. The number of benzene rings is 3. The van der Waals surface area contributed by atoms with Gasteiger partial charge < -0.3 is 10.2 Å². The molecule has 38 heavy (non-hydrogen) atoms. The van der Waals surface area contributed by atoms with Crippen LogP contribution < -0.4 is 9.62 Å². The Morgan fingerprint density at radius 3 is 2.18 bits per heavy atom. The molecule has 0 heterocycles. The molecule has 10 heteroatoms. The first-order valence-electron chi connectivity index (χ1n) is 12.1. The van der Waals surface area contributed by atoms with Crippen molar-refractivity contribution in [2.45, 2.75) is 32.4 Å². The topological polar surface area (TPSA) is 86.8 Å². The molecule has 0 bridgehead atoms. The molecular weight excluding hydrogens is 545 g/mol. The molecule has 2 amide bonds. The van der Waals surface area contributed by atoms with Crippen molar-refractivity contribution in [3.63, 3.8) is 0 Å². The van der Waals surface area contributed by atoms with E-state index in [-0.39, 0.29) is 18.9 Å². The summed E-state index contributed by atoms with van der Waals surface area (Å²) >= 11 is 12.3. The minimum atomic E-state index is -3.83. The maximum Gasteiger partial charge on any atom is 0.244 e. The highest BCUT2D eigenvalue weighted by molar-refractivity contribution is 7.92. The molecule has 3 aromatic carbocycles. The van der Waals surface area contributed by atoms with Gasteiger partial charge in [-0.1, -0.05) is 84.7 Å². The van der Waals surface area contributed by atoms with Gasteiger partial charge in [-0.3, -0.25) is 13.9 Å². The van der Waals surface area contributed by atoms with Crippen molar-refractivity contribution in [2.24, 2.45) is 0 Å². The van der Waals surface area contributed by atoms with E-state index >= 15 is 0 Å². The van der Waals surface area contributed by atoms with E-state index in [0.717, 1.165) is 21.7 Å². The zero-order valence-electron chi connectivity index (χ0n) is 21.5. The van der Waals surface area contributed by atoms with Crippen LogP contribution in [0.4, 0.5) is 5.69 Å². The molecule has 0 spiro atoms. The van der Waals surface area contributed by atoms with Gasteiger partial charge in [0.15, 0.2) is 0 Å². The van der Waals surface area contributed by atoms with E-state index in [1.54, 1.807) is 30.3 Å². The summed E-state index contributed by atoms with van der Waals surface area (Å²) in [4.78, 5) is 28.5. The average Bonchev–Trinajstić information content (AvgIpc) is 2.90. The van der Waals surface area contributed by atoms with Crippen molar-refractivity contribution in [1.29, 1.82) is 0 Å². The van der Waals surface area contributed by atoms with Crippen LogP contribution >= 0.6 is 23.2 Å². The maximum atomic E-state index is 14.0. The van der Waals surface area contributed by atoms with Gasteiger partial charge in [-0.25, -0.2) is 8.42 Å². The lowest BCUT2D eigenvalue weighted by atomic mass is 10.0. The van der Waals surface area contributed by atoms with E-state index in [1.165, 1.54) is 11.9 Å². The summed E-state index contributed by atoms with van der Waals surface area (Å²) in [6, 6.07) is 20.4. The van der Waals surface area contributed by atoms with Gasteiger partial charge in [0.05, 0.1) is 22.0 Å². The van der Waals surface area contributed by atoms with Gasteiger partial charge in [-0.2, -0.15) is 0 Å². The molecule has 3 aromatic rings. The highest BCUT2D eigenvalue weighted by atomic mass is 35.5. The quantitative estimate of drug-likeness (QED) is 0.359. The third-order valence-corrected chi connectivity index (χ3v) is 8.04. The number of hydrogen-bond acceptors (Lipinski definition) is 4. The molecule has 0 aliphatic heterocycles. The molecule has 0 saturated carbocycles. The average molecular weight is 577 g/mol. The summed E-state index contributed by atoms with van der Waals surface area (Å²) in [5, 5.41) is 3.32. The molecule has 0 fully saturated rings. The Balaban J connectivity index is 2.06. The Hall–Kier alpha value is -3.07. The van der Waals surface area contributed by atoms with Crippen LogP contribution in [0.3, 0.4) is 0 Å². The first kappa shape index (κ1) is 29.5. The zero-order valence-corrected chi connectivity index (χ0v) is 23.9. The first-order valence-corrected chi connectivity index (χ1v) is 14.7. The SMILES string of the molecule is CCc1ccccc1N(CC(=O)N(Cc1ccc(Cl)c(Cl)c1)C(Cc1ccccc1)C(=O)NC)S(C)(=O)=O. The zero-order chi connectivity index (χ0) is 27.9. The lowest BCUT2D eigenvalue weighted by Crippen LogP contribution is -2.53. The molecule has 0 aliphatic carbocycles. The minimum Gasteiger partial charge on any atom is -0.357 e. The number of carbonyl (C=O) groups excluding carboxylic acids is 2. The normalized spacial score (nSPS) is 12.0. The predicted octanol–water partition coefficient (Wildman–Crippen LogP) is 4.71. The summed E-state index contributed by atoms with van der Waals surface area (Å²) in [6.07, 6.45) is 1.88. The maximum absolute atomic E-state index is 14.0. The fraction of sp³-hybridized carbons (Fsp3) is 0.286. The smallest absolute Gasteiger partial charge is 0.244 e. The van der Waals surface area contributed by atoms with Gasteiger partial charge in [0.25, 0.3) is 0 Å². The summed E-state index contributed by atoms with van der Waals surface area (Å²) in [7, 11) is -2.33. The van der Waals surface area contributed by atoms with Crippen LogP contribution in [0.15, 0.2) is 72.8 Å². The van der Waals surface area contributed by atoms with Gasteiger partial charge in [0.1, 0.15) is 12.6 Å². The lowest BCUT2D eigenvalue weighted by molar-refractivity contribution is -0.139. The van der Waals surface area contributed by atoms with Crippen LogP contribution in [-0.4, -0.2) is 51.0 Å². The van der Waals surface area contributed by atoms with E-state index in [1.807, 2.05) is 49.4 Å². The molecule has 1 unspecified atom stereocenters. The van der Waals surface area contributed by atoms with Crippen LogP contribution in [0, 0.1) is 0 Å². The molecule has 0 aliphatic rings. The minimum absolute atomic E-state index is 0.0215. The number of sulfonamides is 1. The summed E-state index contributed by atoms with van der Waals surface area (Å²) in [6.45, 7) is 1.46. The number of anilines is 1. The van der Waals surface area contributed by atoms with E-state index in [9.17, 15) is 18.0 Å². The third kappa shape index (κ3) is 7.49. The van der Waals surface area contributed by atoms with Crippen LogP contribution in [0.25, 0.3) is 0 Å². The third-order valence-electron chi connectivity index (χ3n) is 6.17. The van der Waals surface area contributed by atoms with Crippen molar-refractivity contribution in [3.8, 4) is 0 Å². The van der Waals surface area contributed by atoms with E-state index in [4.69, 9.17) is 23.2 Å². The van der Waals surface area contributed by atoms with Crippen molar-refractivity contribution in [2.75, 3.05) is 24.2 Å². The Morgan fingerprint density at radius 2 is 1.58 bits per heavy atom. The number of nitrogens with zero attached hydrogens (tertiary/aromatic N) is 2. The second-order valence-electron chi connectivity index (χ2n) is 8.84. The summed E-state index contributed by atoms with van der Waals surface area (Å²) in [5.41, 5.74) is 2.72. The number of halogens is 2. The Kier molecular flexibility index (Phi) is 10.2. The number of aryl methyl sites for hydroxylation is 1. The molecule has 3 rings (SSSR count). The van der Waals surface area contributed by atoms with Gasteiger partial charge in [-0.05, 0) is 41.3 Å². The lowest BCUT2D eigenvalue weighted by Gasteiger charge is -2.33. The number of rotatable bonds is 11. The largest absolute Gasteiger partial charge is 0.357 e. The number of carbonyl (C=O) groups is 2. The van der Waals surface area contributed by atoms with Crippen LogP contribution in [0.2, 0.25) is 10.0 Å². The molecule has 1 atom stereocenters. The Morgan fingerprint density at radius 1 is 0.921 bits per heavy atom. The highest BCUT2D eigenvalue weighted by Gasteiger charge is 2.33. The molecule has 202 valence electrons. The molecule has 7 nitrogen and oxygen atoms in total. The van der Waals surface area contributed by atoms with Crippen molar-refractivity contribution in [3.05, 3.63) is 99.5 Å². The van der Waals surface area contributed by atoms with Crippen molar-refractivity contribution >= 4 is 50.7 Å². The van der Waals surface area contributed by atoms with E-state index in [2.05, 4.69) is 5.32 Å². The molecular formula is C28H31Cl2N3O4S. The Bertz CT molecular complexity index is 1380. The monoisotopic (exact) mass is 575 g/mol. The predicted molar refractivity (Wildman–Crippen MR) is 153 cm³/mol. The molecule has 0 saturated heterocycles. The molecule has 0 radical (unpaired) electrons. The number of amides is 2. The fourth-order valence-corrected chi connectivity index (χ4v) is 5.40. The number of hydrogen-bond donors (Lipinski definition) is 1. The van der Waals surface area contributed by atoms with Gasteiger partial charge in [0, 0.05) is 20.0 Å². The van der Waals surface area contributed by atoms with E-state index in [0.29, 0.717) is 27.7 Å². The fourth-order valence-electron chi connectivity index (χ4n) is 4.20. The first-order chi connectivity index (χ1) is 18.0. The summed E-state index contributed by atoms with van der Waals surface area (Å²) in [5.74, 6) is -0.904. The van der Waals surface area contributed by atoms with Gasteiger partial charge >= 0.3 is 0 Å². The number of nitrogens with one attached hydrogen (secondary N) is 1. The standard InChI is InChI=1S/C28H31Cl2N3O4S/c1-4-22-12-8-9-13-25(22)33(38(3,36)37)19-27(34)32(18-21-14-15-23(29)24(30)16-21)26(28(35)31-2)17-20-10-6-5-7-11-20/h5-16,26H,4,17-19H2,1-3H3,(H,31,35). The number of para-hydroxylation sites is 1. The van der Waals surface area contributed by atoms with Crippen molar-refractivity contribution < 1.29 is 18.0 Å². The second kappa shape index (κ2) is 13.1. The van der Waals surface area contributed by atoms with Gasteiger partial charge in [-0.15, -0.1) is 0 Å².